The van der Waals surface area contributed by atoms with Gasteiger partial charge in [0.15, 0.2) is 0 Å². The second-order valence-electron chi connectivity index (χ2n) is 4.43. The molecule has 0 bridgehead atoms. The molecule has 0 aromatic heterocycles. The number of hydrogen-bond donors (Lipinski definition) is 3. The van der Waals surface area contributed by atoms with E-state index in [0.29, 0.717) is 11.3 Å². The number of halogens is 1. The summed E-state index contributed by atoms with van der Waals surface area (Å²) >= 11 is 3.34. The fourth-order valence-corrected chi connectivity index (χ4v) is 1.90. The molecule has 5 nitrogen and oxygen atoms in total. The van der Waals surface area contributed by atoms with Crippen LogP contribution >= 0.6 is 15.9 Å². The number of amides is 3. The molecule has 0 aliphatic heterocycles. The van der Waals surface area contributed by atoms with Crippen LogP contribution in [-0.4, -0.2) is 11.9 Å². The van der Waals surface area contributed by atoms with Gasteiger partial charge in [-0.1, -0.05) is 28.1 Å². The van der Waals surface area contributed by atoms with E-state index in [-0.39, 0.29) is 0 Å². The van der Waals surface area contributed by atoms with Crippen LogP contribution < -0.4 is 16.4 Å². The topological polar surface area (TPSA) is 84.2 Å². The van der Waals surface area contributed by atoms with E-state index in [0.717, 1.165) is 10.0 Å². The van der Waals surface area contributed by atoms with E-state index in [1.165, 1.54) is 6.20 Å². The van der Waals surface area contributed by atoms with Gasteiger partial charge in [-0.05, 0) is 48.0 Å². The average molecular weight is 360 g/mol. The largest absolute Gasteiger partial charge is 0.399 e. The number of anilines is 1. The van der Waals surface area contributed by atoms with Crippen molar-refractivity contribution in [1.82, 2.24) is 10.6 Å². The molecule has 112 valence electrons. The van der Waals surface area contributed by atoms with Crippen molar-refractivity contribution in [3.8, 4) is 0 Å². The molecule has 3 amide bonds. The van der Waals surface area contributed by atoms with Gasteiger partial charge in [0.25, 0.3) is 5.91 Å². The fourth-order valence-electron chi connectivity index (χ4n) is 1.63. The first kappa shape index (κ1) is 15.8. The molecule has 6 heteroatoms. The summed E-state index contributed by atoms with van der Waals surface area (Å²) in [5, 5.41) is 4.69. The molecule has 0 aliphatic rings. The molecular formula is C16H14BrN3O2. The van der Waals surface area contributed by atoms with Crippen LogP contribution in [0.25, 0.3) is 6.08 Å². The van der Waals surface area contributed by atoms with Crippen LogP contribution in [0.3, 0.4) is 0 Å². The van der Waals surface area contributed by atoms with Crippen LogP contribution in [0.2, 0.25) is 0 Å². The third kappa shape index (κ3) is 4.75. The molecule has 0 spiro atoms. The van der Waals surface area contributed by atoms with Crippen molar-refractivity contribution in [2.75, 3.05) is 5.73 Å². The van der Waals surface area contributed by atoms with Crippen molar-refractivity contribution in [3.05, 3.63) is 70.3 Å². The van der Waals surface area contributed by atoms with E-state index in [4.69, 9.17) is 5.73 Å². The lowest BCUT2D eigenvalue weighted by molar-refractivity contribution is 0.0965. The van der Waals surface area contributed by atoms with Crippen molar-refractivity contribution in [2.24, 2.45) is 0 Å². The van der Waals surface area contributed by atoms with Gasteiger partial charge in [-0.15, -0.1) is 0 Å². The Labute approximate surface area is 136 Å². The maximum Gasteiger partial charge on any atom is 0.325 e. The molecule has 0 saturated carbocycles. The number of nitrogens with two attached hydrogens (primary N) is 1. The number of nitrogens with one attached hydrogen (secondary N) is 2. The zero-order valence-electron chi connectivity index (χ0n) is 11.5. The Morgan fingerprint density at radius 1 is 1.00 bits per heavy atom. The Hall–Kier alpha value is -2.60. The van der Waals surface area contributed by atoms with Crippen molar-refractivity contribution in [2.45, 2.75) is 0 Å². The van der Waals surface area contributed by atoms with Gasteiger partial charge in [-0.2, -0.15) is 0 Å². The lowest BCUT2D eigenvalue weighted by Crippen LogP contribution is -2.36. The Kier molecular flexibility index (Phi) is 5.32. The predicted octanol–water partition coefficient (Wildman–Crippen LogP) is 3.14. The molecule has 0 unspecified atom stereocenters. The molecule has 2 aromatic carbocycles. The summed E-state index contributed by atoms with van der Waals surface area (Å²) in [4.78, 5) is 23.4. The molecule has 4 N–H and O–H groups in total. The highest BCUT2D eigenvalue weighted by molar-refractivity contribution is 9.10. The normalized spacial score (nSPS) is 10.4. The number of carbonyl (C=O) groups excluding carboxylic acids is 2. The fraction of sp³-hybridized carbons (Fsp3) is 0. The van der Waals surface area contributed by atoms with Crippen molar-refractivity contribution in [3.63, 3.8) is 0 Å². The second kappa shape index (κ2) is 7.42. The standard InChI is InChI=1S/C16H14BrN3O2/c17-13-5-1-11(2-6-13)9-10-19-16(22)20-15(21)12-3-7-14(18)8-4-12/h1-10H,18H2,(H2,19,20,21,22)/b10-9+. The maximum atomic E-state index is 11.8. The zero-order chi connectivity index (χ0) is 15.9. The van der Waals surface area contributed by atoms with Crippen molar-refractivity contribution >= 4 is 39.6 Å². The quantitative estimate of drug-likeness (QED) is 0.736. The number of rotatable bonds is 3. The van der Waals surface area contributed by atoms with Crippen LogP contribution in [0.1, 0.15) is 15.9 Å². The molecule has 0 heterocycles. The van der Waals surface area contributed by atoms with E-state index < -0.39 is 11.9 Å². The zero-order valence-corrected chi connectivity index (χ0v) is 13.1. The molecule has 2 aromatic rings. The third-order valence-corrected chi connectivity index (χ3v) is 3.29. The Morgan fingerprint density at radius 3 is 2.27 bits per heavy atom. The minimum Gasteiger partial charge on any atom is -0.399 e. The van der Waals surface area contributed by atoms with Gasteiger partial charge in [-0.25, -0.2) is 4.79 Å². The van der Waals surface area contributed by atoms with Crippen LogP contribution in [0.5, 0.6) is 0 Å². The SMILES string of the molecule is Nc1ccc(C(=O)NC(=O)N/C=C/c2ccc(Br)cc2)cc1. The van der Waals surface area contributed by atoms with Crippen LogP contribution in [0.4, 0.5) is 10.5 Å². The van der Waals surface area contributed by atoms with Crippen LogP contribution in [0.15, 0.2) is 59.2 Å². The second-order valence-corrected chi connectivity index (χ2v) is 5.35. The summed E-state index contributed by atoms with van der Waals surface area (Å²) in [6.07, 6.45) is 3.19. The lowest BCUT2D eigenvalue weighted by atomic mass is 10.2. The highest BCUT2D eigenvalue weighted by Crippen LogP contribution is 2.11. The summed E-state index contributed by atoms with van der Waals surface area (Å²) in [6.45, 7) is 0. The van der Waals surface area contributed by atoms with Crippen LogP contribution in [-0.2, 0) is 0 Å². The molecule has 2 rings (SSSR count). The first-order valence-corrected chi connectivity index (χ1v) is 7.23. The van der Waals surface area contributed by atoms with Gasteiger partial charge in [0.05, 0.1) is 0 Å². The van der Waals surface area contributed by atoms with E-state index >= 15 is 0 Å². The number of urea groups is 1. The Morgan fingerprint density at radius 2 is 1.64 bits per heavy atom. The summed E-state index contributed by atoms with van der Waals surface area (Å²) in [6, 6.07) is 13.3. The van der Waals surface area contributed by atoms with Gasteiger partial charge < -0.3 is 11.1 Å². The monoisotopic (exact) mass is 359 g/mol. The minimum atomic E-state index is -0.602. The first-order valence-electron chi connectivity index (χ1n) is 6.44. The number of hydrogen-bond acceptors (Lipinski definition) is 3. The van der Waals surface area contributed by atoms with Gasteiger partial charge in [-0.3, -0.25) is 10.1 Å². The number of imide groups is 1. The minimum absolute atomic E-state index is 0.362. The summed E-state index contributed by atoms with van der Waals surface area (Å²) in [7, 11) is 0. The van der Waals surface area contributed by atoms with Gasteiger partial charge in [0.1, 0.15) is 0 Å². The smallest absolute Gasteiger partial charge is 0.325 e. The lowest BCUT2D eigenvalue weighted by Gasteiger charge is -2.04. The van der Waals surface area contributed by atoms with Gasteiger partial charge in [0, 0.05) is 21.9 Å². The molecule has 0 saturated heterocycles. The highest BCUT2D eigenvalue weighted by atomic mass is 79.9. The summed E-state index contributed by atoms with van der Waals surface area (Å²) in [5.74, 6) is -0.491. The van der Waals surface area contributed by atoms with Gasteiger partial charge in [0.2, 0.25) is 0 Å². The molecule has 22 heavy (non-hydrogen) atoms. The number of benzene rings is 2. The predicted molar refractivity (Wildman–Crippen MR) is 90.0 cm³/mol. The van der Waals surface area contributed by atoms with E-state index in [2.05, 4.69) is 26.6 Å². The van der Waals surface area contributed by atoms with Crippen molar-refractivity contribution in [1.29, 1.82) is 0 Å². The van der Waals surface area contributed by atoms with Crippen LogP contribution in [0, 0.1) is 0 Å². The summed E-state index contributed by atoms with van der Waals surface area (Å²) < 4.78 is 0.976. The maximum absolute atomic E-state index is 11.8. The molecule has 0 fully saturated rings. The molecule has 0 atom stereocenters. The van der Waals surface area contributed by atoms with Crippen molar-refractivity contribution < 1.29 is 9.59 Å². The first-order chi connectivity index (χ1) is 10.5. The third-order valence-electron chi connectivity index (χ3n) is 2.76. The Bertz CT molecular complexity index is 694. The molecular weight excluding hydrogens is 346 g/mol. The van der Waals surface area contributed by atoms with Gasteiger partial charge >= 0.3 is 6.03 Å². The highest BCUT2D eigenvalue weighted by Gasteiger charge is 2.08. The van der Waals surface area contributed by atoms with E-state index in [9.17, 15) is 9.59 Å². The number of carbonyl (C=O) groups is 2. The Balaban J connectivity index is 1.86. The molecule has 0 aliphatic carbocycles. The summed E-state index contributed by atoms with van der Waals surface area (Å²) in [5.41, 5.74) is 7.38. The van der Waals surface area contributed by atoms with E-state index in [1.54, 1.807) is 30.3 Å². The number of nitrogen functional groups attached to an aromatic ring is 1. The van der Waals surface area contributed by atoms with E-state index in [1.807, 2.05) is 24.3 Å². The average Bonchev–Trinajstić information content (AvgIpc) is 2.50. The molecule has 0 radical (unpaired) electrons.